The molecule has 28 nitrogen and oxygen atoms in total. The molecule has 0 bridgehead atoms. The van der Waals surface area contributed by atoms with E-state index < -0.39 is 23.1 Å². The van der Waals surface area contributed by atoms with Gasteiger partial charge in [0.1, 0.15) is 71.1 Å². The predicted molar refractivity (Wildman–Crippen MR) is 471 cm³/mol. The first-order chi connectivity index (χ1) is 56.8. The van der Waals surface area contributed by atoms with Gasteiger partial charge in [-0.1, -0.05) is 123 Å². The van der Waals surface area contributed by atoms with Crippen LogP contribution in [0.5, 0.6) is 28.7 Å². The number of aromatic nitrogens is 10. The van der Waals surface area contributed by atoms with Gasteiger partial charge < -0.3 is 72.0 Å². The molecule has 0 aliphatic heterocycles. The summed E-state index contributed by atoms with van der Waals surface area (Å²) in [4.78, 5) is 34.8. The number of carbonyl (C=O) groups excluding carboxylic acids is 3. The second-order valence-corrected chi connectivity index (χ2v) is 30.4. The number of hydrogen-bond donors (Lipinski definition) is 12. The predicted octanol–water partition coefficient (Wildman–Crippen LogP) is 16.9. The van der Waals surface area contributed by atoms with E-state index in [1.807, 2.05) is 275 Å². The number of rotatable bonds is 23. The van der Waals surface area contributed by atoms with Crippen LogP contribution in [0.2, 0.25) is 0 Å². The molecule has 0 unspecified atom stereocenters. The molecule has 0 saturated carbocycles. The third-order valence-corrected chi connectivity index (χ3v) is 17.7. The fourth-order valence-electron chi connectivity index (χ4n) is 12.1. The molecular formula is C91H99N17O11. The molecule has 614 valence electrons. The number of aromatic amines is 5. The Kier molecular flexibility index (Phi) is 27.2. The van der Waals surface area contributed by atoms with Gasteiger partial charge >= 0.3 is 11.9 Å². The quantitative estimate of drug-likeness (QED) is 0.0122. The van der Waals surface area contributed by atoms with Crippen molar-refractivity contribution in [3.8, 4) is 84.4 Å². The number of nitrogens with one attached hydrogen (secondary N) is 6. The fourth-order valence-corrected chi connectivity index (χ4v) is 12.1. The number of hydrazine groups is 1. The Balaban J connectivity index is 0.000000146. The highest BCUT2D eigenvalue weighted by Crippen LogP contribution is 2.37. The van der Waals surface area contributed by atoms with Crippen LogP contribution in [0.15, 0.2) is 237 Å². The number of nitrogens with two attached hydrogens (primary N) is 6. The molecule has 10 aromatic carbocycles. The van der Waals surface area contributed by atoms with Crippen molar-refractivity contribution in [2.24, 2.45) is 5.84 Å². The summed E-state index contributed by atoms with van der Waals surface area (Å²) in [6.45, 7) is 26.8. The number of para-hydroxylation sites is 2. The summed E-state index contributed by atoms with van der Waals surface area (Å²) in [5, 5.41) is 39.0. The molecule has 0 spiro atoms. The van der Waals surface area contributed by atoms with Crippen molar-refractivity contribution in [3.63, 3.8) is 0 Å². The molecule has 0 aliphatic carbocycles. The number of H-pyrrole nitrogens is 5. The second-order valence-electron chi connectivity index (χ2n) is 30.4. The van der Waals surface area contributed by atoms with Crippen LogP contribution >= 0.6 is 0 Å². The van der Waals surface area contributed by atoms with E-state index >= 15 is 0 Å². The molecule has 18 N–H and O–H groups in total. The lowest BCUT2D eigenvalue weighted by Crippen LogP contribution is -2.27. The number of fused-ring (bicyclic) bond motifs is 5. The average Bonchev–Trinajstić information content (AvgIpc) is 1.76. The van der Waals surface area contributed by atoms with Crippen LogP contribution in [0, 0.1) is 0 Å². The molecule has 5 heterocycles. The zero-order valence-corrected chi connectivity index (χ0v) is 68.1. The fraction of sp³-hybridized carbons (Fsp3) is 0.209. The maximum Gasteiger partial charge on any atom is 0.344 e. The highest BCUT2D eigenvalue weighted by atomic mass is 16.6. The van der Waals surface area contributed by atoms with Gasteiger partial charge in [0, 0.05) is 44.5 Å². The minimum Gasteiger partial charge on any atom is -0.489 e. The summed E-state index contributed by atoms with van der Waals surface area (Å²) < 4.78 is 44.4. The molecule has 0 amide bonds. The van der Waals surface area contributed by atoms with E-state index in [4.69, 9.17) is 72.4 Å². The van der Waals surface area contributed by atoms with Crippen molar-refractivity contribution >= 4 is 101 Å². The number of hydrogen-bond acceptors (Lipinski definition) is 23. The first-order valence-electron chi connectivity index (χ1n) is 38.1. The summed E-state index contributed by atoms with van der Waals surface area (Å²) in [5.74, 6) is 11.0. The normalized spacial score (nSPS) is 11.2. The lowest BCUT2D eigenvalue weighted by Gasteiger charge is -2.23. The number of nitrogens with zero attached hydrogens (tertiary/aromatic N) is 5. The maximum atomic E-state index is 11.8. The molecule has 0 aliphatic rings. The van der Waals surface area contributed by atoms with Crippen molar-refractivity contribution < 1.29 is 52.3 Å². The molecule has 119 heavy (non-hydrogen) atoms. The van der Waals surface area contributed by atoms with Gasteiger partial charge in [0.05, 0.1) is 33.3 Å². The number of esters is 2. The van der Waals surface area contributed by atoms with E-state index in [1.54, 1.807) is 6.07 Å². The Labute approximate surface area is 687 Å². The number of carbonyl (C=O) groups is 3. The van der Waals surface area contributed by atoms with E-state index in [2.05, 4.69) is 69.6 Å². The van der Waals surface area contributed by atoms with Gasteiger partial charge in [-0.15, -0.1) is 0 Å². The summed E-state index contributed by atoms with van der Waals surface area (Å²) in [6.07, 6.45) is 0.482. The molecule has 0 radical (unpaired) electrons. The topological polar surface area (TPSA) is 437 Å². The Morgan fingerprint density at radius 3 is 1.13 bits per heavy atom. The Bertz CT molecular complexity index is 6060. The SMILES string of the molecule is C=C(COc1ccccc1-c1ccc2[nH]nc(N)c2c1)NN.C=C(COc1ccccc1-c1ccc2[nH]nc(N)c2c1)OC(C)(C)C.CC(C)(C)OC(=O)COc1ccc(-c2ccc3[nH]nc(N)c3c2)cc1.CC(C)(C)OC(=O)COc1cccc(-c2ccc3c(N)n[nH]c3c2)c1.CCC(=O)COc1cccc(-c2ccc3[nH]nc(N)c3c2)c1. The minimum absolute atomic E-state index is 0.0815. The van der Waals surface area contributed by atoms with Crippen molar-refractivity contribution in [1.82, 2.24) is 56.4 Å². The second kappa shape index (κ2) is 38.1. The Morgan fingerprint density at radius 1 is 0.345 bits per heavy atom. The van der Waals surface area contributed by atoms with Gasteiger partial charge in [0.25, 0.3) is 0 Å². The lowest BCUT2D eigenvalue weighted by molar-refractivity contribution is -0.158. The number of anilines is 5. The minimum atomic E-state index is -0.524. The third-order valence-electron chi connectivity index (χ3n) is 17.7. The van der Waals surface area contributed by atoms with E-state index in [9.17, 15) is 14.4 Å². The van der Waals surface area contributed by atoms with Crippen LogP contribution in [-0.2, 0) is 28.6 Å². The number of nitrogen functional groups attached to an aromatic ring is 5. The Morgan fingerprint density at radius 2 is 0.697 bits per heavy atom. The number of ether oxygens (including phenoxy) is 8. The molecular weight excluding hydrogens is 1510 g/mol. The molecule has 28 heteroatoms. The molecule has 0 atom stereocenters. The van der Waals surface area contributed by atoms with Gasteiger partial charge in [0.15, 0.2) is 48.1 Å². The van der Waals surface area contributed by atoms with Gasteiger partial charge in [-0.2, -0.15) is 25.5 Å². The van der Waals surface area contributed by atoms with Crippen LogP contribution in [0.25, 0.3) is 110 Å². The zero-order chi connectivity index (χ0) is 85.1. The molecule has 15 aromatic rings. The maximum absolute atomic E-state index is 11.8. The van der Waals surface area contributed by atoms with Gasteiger partial charge in [0.2, 0.25) is 0 Å². The average molecular weight is 1610 g/mol. The first kappa shape index (κ1) is 85.1. The van der Waals surface area contributed by atoms with E-state index in [-0.39, 0.29) is 31.2 Å². The van der Waals surface area contributed by atoms with Crippen molar-refractivity contribution in [2.45, 2.75) is 92.5 Å². The number of benzene rings is 10. The zero-order valence-electron chi connectivity index (χ0n) is 68.1. The summed E-state index contributed by atoms with van der Waals surface area (Å²) in [6, 6.07) is 68.0. The third kappa shape index (κ3) is 23.7. The standard InChI is InChI=1S/C20H23N3O2.2C19H21N3O3.C17H17N3O2.C16H17N5O/c1-13(25-20(2,3)4)12-24-18-8-6-5-7-15(18)14-9-10-17-16(11-14)19(21)23-22-17;1-19(2,3)25-17(23)11-24-14-7-4-12(5-8-14)13-6-9-16-15(10-13)18(20)22-21-16;1-19(2,3)25-17(23)11-24-14-6-4-5-12(9-14)13-7-8-15-16(10-13)21-22-18(15)20;1-2-13(21)10-22-14-5-3-4-11(8-14)12-6-7-16-15(9-12)17(18)20-19-16;1-10(19-18)9-22-15-5-3-2-4-12(15)11-6-7-14-13(8-11)16(17)21-20-14/h5-11H,1,12H2,2-4H3,(H3,21,22,23);2*4-10H,11H2,1-3H3,(H3,20,21,22);3-9H,2,10H2,1H3,(H3,18,19,20);2-8,19H,1,9,18H2,(H3,17,20,21). The summed E-state index contributed by atoms with van der Waals surface area (Å²) >= 11 is 0. The highest BCUT2D eigenvalue weighted by molar-refractivity contribution is 5.97. The monoisotopic (exact) mass is 1610 g/mol. The molecule has 0 saturated heterocycles. The molecule has 5 aromatic heterocycles. The Hall–Kier alpha value is -14.8. The highest BCUT2D eigenvalue weighted by Gasteiger charge is 2.21. The van der Waals surface area contributed by atoms with E-state index in [0.29, 0.717) is 77.4 Å². The van der Waals surface area contributed by atoms with Crippen molar-refractivity contribution in [3.05, 3.63) is 237 Å². The van der Waals surface area contributed by atoms with Gasteiger partial charge in [-0.25, -0.2) is 9.59 Å². The summed E-state index contributed by atoms with van der Waals surface area (Å²) in [5.41, 5.74) is 45.5. The summed E-state index contributed by atoms with van der Waals surface area (Å²) in [7, 11) is 0. The van der Waals surface area contributed by atoms with Gasteiger partial charge in [-0.05, 0) is 216 Å². The smallest absolute Gasteiger partial charge is 0.344 e. The van der Waals surface area contributed by atoms with E-state index in [1.165, 1.54) is 0 Å². The van der Waals surface area contributed by atoms with Crippen molar-refractivity contribution in [2.75, 3.05) is 61.7 Å². The molecule has 0 fully saturated rings. The number of Topliss-reactive ketones (excluding diaryl/α,β-unsaturated/α-hetero) is 1. The van der Waals surface area contributed by atoms with Crippen LogP contribution in [0.4, 0.5) is 29.1 Å². The number of ketones is 1. The van der Waals surface area contributed by atoms with Crippen LogP contribution in [-0.4, -0.2) is 119 Å². The van der Waals surface area contributed by atoms with Crippen molar-refractivity contribution in [1.29, 1.82) is 0 Å². The molecule has 15 rings (SSSR count). The van der Waals surface area contributed by atoms with E-state index in [0.717, 1.165) is 122 Å². The largest absolute Gasteiger partial charge is 0.489 e. The lowest BCUT2D eigenvalue weighted by atomic mass is 10.0. The van der Waals surface area contributed by atoms with Crippen LogP contribution in [0.1, 0.15) is 75.7 Å². The van der Waals surface area contributed by atoms with Gasteiger partial charge in [-0.3, -0.25) is 36.1 Å². The van der Waals surface area contributed by atoms with Crippen LogP contribution < -0.4 is 63.6 Å². The first-order valence-corrected chi connectivity index (χ1v) is 38.1. The van der Waals surface area contributed by atoms with Crippen LogP contribution in [0.3, 0.4) is 0 Å².